The van der Waals surface area contributed by atoms with Gasteiger partial charge in [0, 0.05) is 5.02 Å². The van der Waals surface area contributed by atoms with Gasteiger partial charge in [0.25, 0.3) is 0 Å². The number of rotatable bonds is 2. The molecule has 0 aliphatic heterocycles. The highest BCUT2D eigenvalue weighted by Gasteiger charge is 2.10. The molecule has 0 aromatic heterocycles. The number of benzene rings is 1. The fourth-order valence-electron chi connectivity index (χ4n) is 1.21. The Labute approximate surface area is 82.2 Å². The minimum Gasteiger partial charge on any atom is -0.505 e. The number of hydrogen-bond donors (Lipinski definition) is 1. The number of phenols is 1. The van der Waals surface area contributed by atoms with E-state index >= 15 is 0 Å². The second-order valence-corrected chi connectivity index (χ2v) is 3.93. The van der Waals surface area contributed by atoms with E-state index in [-0.39, 0.29) is 5.75 Å². The Kier molecular flexibility index (Phi) is 3.15. The van der Waals surface area contributed by atoms with Crippen LogP contribution in [0.15, 0.2) is 12.1 Å². The monoisotopic (exact) mass is 202 g/mol. The molecule has 13 heavy (non-hydrogen) atoms. The first-order valence-corrected chi connectivity index (χ1v) is 4.55. The summed E-state index contributed by atoms with van der Waals surface area (Å²) < 4.78 is 13.0. The van der Waals surface area contributed by atoms with Gasteiger partial charge in [-0.15, -0.1) is 0 Å². The lowest BCUT2D eigenvalue weighted by Gasteiger charge is -2.08. The summed E-state index contributed by atoms with van der Waals surface area (Å²) in [6, 6.07) is 2.71. The first kappa shape index (κ1) is 10.3. The van der Waals surface area contributed by atoms with E-state index in [1.165, 1.54) is 0 Å². The Bertz CT molecular complexity index is 310. The highest BCUT2D eigenvalue weighted by atomic mass is 35.5. The van der Waals surface area contributed by atoms with Crippen LogP contribution in [0.3, 0.4) is 0 Å². The Morgan fingerprint density at radius 1 is 1.46 bits per heavy atom. The quantitative estimate of drug-likeness (QED) is 0.780. The molecular weight excluding hydrogens is 191 g/mol. The summed E-state index contributed by atoms with van der Waals surface area (Å²) in [5.74, 6) is -0.565. The summed E-state index contributed by atoms with van der Waals surface area (Å²) in [5.41, 5.74) is 0.569. The smallest absolute Gasteiger partial charge is 0.166 e. The summed E-state index contributed by atoms with van der Waals surface area (Å²) in [4.78, 5) is 0. The Morgan fingerprint density at radius 2 is 2.08 bits per heavy atom. The molecule has 0 saturated carbocycles. The van der Waals surface area contributed by atoms with Crippen LogP contribution in [-0.4, -0.2) is 5.11 Å². The third kappa shape index (κ3) is 2.59. The standard InChI is InChI=1S/C10H12ClFO/c1-6(2)3-7-4-8(11)5-9(12)10(7)13/h4-6,13H,3H2,1-2H3. The molecule has 1 aromatic rings. The molecular formula is C10H12ClFO. The maximum absolute atomic E-state index is 13.0. The van der Waals surface area contributed by atoms with Crippen LogP contribution in [0.1, 0.15) is 19.4 Å². The van der Waals surface area contributed by atoms with E-state index in [0.29, 0.717) is 22.9 Å². The average Bonchev–Trinajstić information content (AvgIpc) is 1.98. The molecule has 0 bridgehead atoms. The zero-order valence-electron chi connectivity index (χ0n) is 7.64. The molecule has 1 nitrogen and oxygen atoms in total. The van der Waals surface area contributed by atoms with Gasteiger partial charge in [-0.05, 0) is 30.0 Å². The SMILES string of the molecule is CC(C)Cc1cc(Cl)cc(F)c1O. The largest absolute Gasteiger partial charge is 0.505 e. The highest BCUT2D eigenvalue weighted by Crippen LogP contribution is 2.27. The average molecular weight is 203 g/mol. The van der Waals surface area contributed by atoms with Crippen molar-refractivity contribution in [1.82, 2.24) is 0 Å². The van der Waals surface area contributed by atoms with E-state index in [0.717, 1.165) is 6.07 Å². The molecule has 0 amide bonds. The molecule has 0 radical (unpaired) electrons. The highest BCUT2D eigenvalue weighted by molar-refractivity contribution is 6.30. The molecule has 0 atom stereocenters. The van der Waals surface area contributed by atoms with Gasteiger partial charge in [0.05, 0.1) is 0 Å². The second-order valence-electron chi connectivity index (χ2n) is 3.49. The van der Waals surface area contributed by atoms with Crippen LogP contribution in [-0.2, 0) is 6.42 Å². The summed E-state index contributed by atoms with van der Waals surface area (Å²) in [6.45, 7) is 4.00. The number of phenolic OH excluding ortho intramolecular Hbond substituents is 1. The summed E-state index contributed by atoms with van der Waals surface area (Å²) in [6.07, 6.45) is 0.628. The van der Waals surface area contributed by atoms with Crippen molar-refractivity contribution in [2.24, 2.45) is 5.92 Å². The van der Waals surface area contributed by atoms with Crippen molar-refractivity contribution < 1.29 is 9.50 Å². The normalized spacial score (nSPS) is 10.8. The number of halogens is 2. The van der Waals surface area contributed by atoms with Crippen molar-refractivity contribution in [3.05, 3.63) is 28.5 Å². The van der Waals surface area contributed by atoms with Crippen LogP contribution in [0.4, 0.5) is 4.39 Å². The van der Waals surface area contributed by atoms with Gasteiger partial charge in [0.1, 0.15) is 0 Å². The maximum atomic E-state index is 13.0. The minimum atomic E-state index is -0.650. The zero-order chi connectivity index (χ0) is 10.0. The predicted octanol–water partition coefficient (Wildman–Crippen LogP) is 3.38. The van der Waals surface area contributed by atoms with Crippen LogP contribution in [0.25, 0.3) is 0 Å². The van der Waals surface area contributed by atoms with Crippen LogP contribution in [0.2, 0.25) is 5.02 Å². The summed E-state index contributed by atoms with van der Waals surface area (Å²) in [7, 11) is 0. The lowest BCUT2D eigenvalue weighted by atomic mass is 10.0. The molecule has 0 fully saturated rings. The third-order valence-corrected chi connectivity index (χ3v) is 1.95. The van der Waals surface area contributed by atoms with Crippen molar-refractivity contribution in [3.63, 3.8) is 0 Å². The molecule has 3 heteroatoms. The molecule has 1 aromatic carbocycles. The molecule has 0 saturated heterocycles. The lowest BCUT2D eigenvalue weighted by molar-refractivity contribution is 0.422. The Morgan fingerprint density at radius 3 is 2.62 bits per heavy atom. The van der Waals surface area contributed by atoms with E-state index in [4.69, 9.17) is 11.6 Å². The van der Waals surface area contributed by atoms with E-state index in [1.54, 1.807) is 6.07 Å². The maximum Gasteiger partial charge on any atom is 0.166 e. The Hall–Kier alpha value is -0.760. The molecule has 72 valence electrons. The van der Waals surface area contributed by atoms with Gasteiger partial charge in [-0.1, -0.05) is 25.4 Å². The molecule has 0 spiro atoms. The molecule has 0 aliphatic rings. The molecule has 0 unspecified atom stereocenters. The van der Waals surface area contributed by atoms with Crippen molar-refractivity contribution in [2.45, 2.75) is 20.3 Å². The van der Waals surface area contributed by atoms with E-state index < -0.39 is 5.82 Å². The van der Waals surface area contributed by atoms with Gasteiger partial charge in [0.2, 0.25) is 0 Å². The van der Waals surface area contributed by atoms with Gasteiger partial charge >= 0.3 is 0 Å². The minimum absolute atomic E-state index is 0.280. The van der Waals surface area contributed by atoms with E-state index in [1.807, 2.05) is 13.8 Å². The summed E-state index contributed by atoms with van der Waals surface area (Å²) in [5, 5.41) is 9.66. The van der Waals surface area contributed by atoms with E-state index in [9.17, 15) is 9.50 Å². The third-order valence-electron chi connectivity index (χ3n) is 1.74. The Balaban J connectivity index is 3.05. The molecule has 1 N–H and O–H groups in total. The molecule has 1 rings (SSSR count). The van der Waals surface area contributed by atoms with Crippen LogP contribution in [0.5, 0.6) is 5.75 Å². The fraction of sp³-hybridized carbons (Fsp3) is 0.400. The lowest BCUT2D eigenvalue weighted by Crippen LogP contribution is -1.95. The van der Waals surface area contributed by atoms with Gasteiger partial charge in [-0.3, -0.25) is 0 Å². The van der Waals surface area contributed by atoms with E-state index in [2.05, 4.69) is 0 Å². The van der Waals surface area contributed by atoms with Gasteiger partial charge in [0.15, 0.2) is 11.6 Å². The van der Waals surface area contributed by atoms with Crippen molar-refractivity contribution in [1.29, 1.82) is 0 Å². The van der Waals surface area contributed by atoms with Gasteiger partial charge in [-0.25, -0.2) is 4.39 Å². The first-order chi connectivity index (χ1) is 6.00. The van der Waals surface area contributed by atoms with Crippen molar-refractivity contribution >= 4 is 11.6 Å². The van der Waals surface area contributed by atoms with Crippen molar-refractivity contribution in [3.8, 4) is 5.75 Å². The number of aromatic hydroxyl groups is 1. The topological polar surface area (TPSA) is 20.2 Å². The fourth-order valence-corrected chi connectivity index (χ4v) is 1.44. The van der Waals surface area contributed by atoms with Crippen LogP contribution in [0, 0.1) is 11.7 Å². The second kappa shape index (κ2) is 3.97. The number of hydrogen-bond acceptors (Lipinski definition) is 1. The van der Waals surface area contributed by atoms with Crippen LogP contribution < -0.4 is 0 Å². The first-order valence-electron chi connectivity index (χ1n) is 4.17. The zero-order valence-corrected chi connectivity index (χ0v) is 8.40. The van der Waals surface area contributed by atoms with Gasteiger partial charge in [-0.2, -0.15) is 0 Å². The molecule has 0 heterocycles. The molecule has 0 aliphatic carbocycles. The van der Waals surface area contributed by atoms with Crippen molar-refractivity contribution in [2.75, 3.05) is 0 Å². The van der Waals surface area contributed by atoms with Gasteiger partial charge < -0.3 is 5.11 Å². The predicted molar refractivity (Wildman–Crippen MR) is 51.6 cm³/mol. The summed E-state index contributed by atoms with van der Waals surface area (Å²) >= 11 is 5.65. The van der Waals surface area contributed by atoms with Crippen LogP contribution >= 0.6 is 11.6 Å².